The summed E-state index contributed by atoms with van der Waals surface area (Å²) in [7, 11) is 0. The lowest BCUT2D eigenvalue weighted by Crippen LogP contribution is -2.54. The van der Waals surface area contributed by atoms with E-state index in [0.717, 1.165) is 35.2 Å². The van der Waals surface area contributed by atoms with E-state index in [4.69, 9.17) is 23.2 Å². The fourth-order valence-corrected chi connectivity index (χ4v) is 6.91. The number of hydrogen-bond donors (Lipinski definition) is 1. The second kappa shape index (κ2) is 6.56. The fraction of sp³-hybridized carbons (Fsp3) is 0.375. The summed E-state index contributed by atoms with van der Waals surface area (Å²) in [5.41, 5.74) is 2.76. The van der Waals surface area contributed by atoms with Gasteiger partial charge in [-0.25, -0.2) is 4.90 Å². The van der Waals surface area contributed by atoms with Gasteiger partial charge < -0.3 is 5.32 Å². The first-order valence-corrected chi connectivity index (χ1v) is 11.6. The summed E-state index contributed by atoms with van der Waals surface area (Å²) in [4.78, 5) is 44.7. The van der Waals surface area contributed by atoms with Gasteiger partial charge in [-0.3, -0.25) is 19.3 Å². The minimum atomic E-state index is -1.18. The van der Waals surface area contributed by atoms with Crippen LogP contribution in [-0.2, 0) is 19.9 Å². The number of rotatable bonds is 1. The van der Waals surface area contributed by atoms with Crippen LogP contribution in [0.25, 0.3) is 0 Å². The van der Waals surface area contributed by atoms with Crippen LogP contribution in [0.4, 0.5) is 11.4 Å². The number of nitrogens with zero attached hydrogens (tertiary/aromatic N) is 2. The van der Waals surface area contributed by atoms with E-state index in [2.05, 4.69) is 10.2 Å². The molecule has 164 valence electrons. The van der Waals surface area contributed by atoms with Gasteiger partial charge in [0.1, 0.15) is 5.54 Å². The zero-order valence-corrected chi connectivity index (χ0v) is 19.1. The molecule has 3 amide bonds. The van der Waals surface area contributed by atoms with E-state index in [1.54, 1.807) is 12.1 Å². The number of imide groups is 1. The zero-order chi connectivity index (χ0) is 22.5. The normalized spacial score (nSPS) is 30.8. The third kappa shape index (κ3) is 2.23. The minimum absolute atomic E-state index is 0.161. The molecule has 1 spiro atoms. The Labute approximate surface area is 195 Å². The second-order valence-electron chi connectivity index (χ2n) is 9.16. The summed E-state index contributed by atoms with van der Waals surface area (Å²) in [6, 6.07) is 8.50. The molecule has 4 heterocycles. The van der Waals surface area contributed by atoms with Crippen molar-refractivity contribution in [1.82, 2.24) is 4.90 Å². The van der Waals surface area contributed by atoms with Gasteiger partial charge in [-0.15, -0.1) is 0 Å². The van der Waals surface area contributed by atoms with Gasteiger partial charge in [0, 0.05) is 22.3 Å². The van der Waals surface area contributed by atoms with Crippen LogP contribution in [0.5, 0.6) is 0 Å². The molecular formula is C24H21Cl2N3O3. The maximum Gasteiger partial charge on any atom is 0.250 e. The van der Waals surface area contributed by atoms with Crippen molar-refractivity contribution in [3.63, 3.8) is 0 Å². The molecule has 0 bridgehead atoms. The molecule has 6 nitrogen and oxygen atoms in total. The Hall–Kier alpha value is -2.41. The highest BCUT2D eigenvalue weighted by molar-refractivity contribution is 6.38. The van der Waals surface area contributed by atoms with Gasteiger partial charge in [0.2, 0.25) is 17.7 Å². The second-order valence-corrected chi connectivity index (χ2v) is 10.0. The molecule has 0 unspecified atom stereocenters. The molecular weight excluding hydrogens is 449 g/mol. The summed E-state index contributed by atoms with van der Waals surface area (Å²) in [5.74, 6) is -2.26. The molecule has 4 aliphatic heterocycles. The van der Waals surface area contributed by atoms with Crippen LogP contribution < -0.4 is 10.2 Å². The van der Waals surface area contributed by atoms with Gasteiger partial charge in [-0.1, -0.05) is 35.3 Å². The van der Waals surface area contributed by atoms with Gasteiger partial charge in [0.15, 0.2) is 0 Å². The molecule has 3 fully saturated rings. The zero-order valence-electron chi connectivity index (χ0n) is 17.6. The molecule has 1 N–H and O–H groups in total. The number of halogens is 2. The summed E-state index contributed by atoms with van der Waals surface area (Å²) < 4.78 is 0. The SMILES string of the molecule is Cc1ccc2c(c1C)NC(=O)[C@]21[C@H]2C(=O)N(c3ccc(Cl)cc3Cl)C(=O)[C@@H]2[C@H]2CCCN21. The number of carbonyl (C=O) groups excluding carboxylic acids is 3. The van der Waals surface area contributed by atoms with Crippen molar-refractivity contribution >= 4 is 52.3 Å². The molecule has 0 aromatic heterocycles. The van der Waals surface area contributed by atoms with Crippen LogP contribution >= 0.6 is 23.2 Å². The van der Waals surface area contributed by atoms with Crippen molar-refractivity contribution < 1.29 is 14.4 Å². The Kier molecular flexibility index (Phi) is 4.15. The van der Waals surface area contributed by atoms with Crippen LogP contribution in [0.2, 0.25) is 10.0 Å². The van der Waals surface area contributed by atoms with Gasteiger partial charge in [-0.05, 0) is 62.6 Å². The van der Waals surface area contributed by atoms with E-state index in [1.165, 1.54) is 11.0 Å². The van der Waals surface area contributed by atoms with Crippen LogP contribution in [-0.4, -0.2) is 35.2 Å². The number of fused-ring (bicyclic) bond motifs is 7. The first-order valence-electron chi connectivity index (χ1n) is 10.8. The Morgan fingerprint density at radius 2 is 1.84 bits per heavy atom. The predicted molar refractivity (Wildman–Crippen MR) is 122 cm³/mol. The molecule has 2 aromatic carbocycles. The van der Waals surface area contributed by atoms with Crippen molar-refractivity contribution in [2.75, 3.05) is 16.8 Å². The number of amides is 3. The molecule has 4 atom stereocenters. The van der Waals surface area contributed by atoms with Crippen molar-refractivity contribution in [3.8, 4) is 0 Å². The van der Waals surface area contributed by atoms with Crippen molar-refractivity contribution in [1.29, 1.82) is 0 Å². The Balaban J connectivity index is 1.57. The van der Waals surface area contributed by atoms with E-state index in [0.29, 0.717) is 17.3 Å². The molecule has 4 aliphatic rings. The number of nitrogens with one attached hydrogen (secondary N) is 1. The number of hydrogen-bond acceptors (Lipinski definition) is 4. The Morgan fingerprint density at radius 3 is 2.59 bits per heavy atom. The van der Waals surface area contributed by atoms with Crippen LogP contribution in [0.3, 0.4) is 0 Å². The summed E-state index contributed by atoms with van der Waals surface area (Å²) in [6.07, 6.45) is 1.66. The van der Waals surface area contributed by atoms with Gasteiger partial charge >= 0.3 is 0 Å². The molecule has 0 radical (unpaired) electrons. The van der Waals surface area contributed by atoms with E-state index < -0.39 is 17.4 Å². The summed E-state index contributed by atoms with van der Waals surface area (Å²) in [5, 5.41) is 3.73. The van der Waals surface area contributed by atoms with Crippen molar-refractivity contribution in [2.45, 2.75) is 38.3 Å². The molecule has 6 rings (SSSR count). The highest BCUT2D eigenvalue weighted by Crippen LogP contribution is 2.61. The maximum atomic E-state index is 13.9. The first kappa shape index (κ1) is 20.2. The van der Waals surface area contributed by atoms with Gasteiger partial charge in [0.25, 0.3) is 0 Å². The third-order valence-electron chi connectivity index (χ3n) is 7.85. The molecule has 2 aromatic rings. The summed E-state index contributed by atoms with van der Waals surface area (Å²) in [6.45, 7) is 4.65. The van der Waals surface area contributed by atoms with E-state index in [1.807, 2.05) is 26.0 Å². The smallest absolute Gasteiger partial charge is 0.250 e. The number of anilines is 2. The molecule has 32 heavy (non-hydrogen) atoms. The molecule has 3 saturated heterocycles. The Bertz CT molecular complexity index is 1250. The first-order chi connectivity index (χ1) is 15.3. The lowest BCUT2D eigenvalue weighted by atomic mass is 9.75. The maximum absolute atomic E-state index is 13.9. The van der Waals surface area contributed by atoms with Crippen molar-refractivity contribution in [3.05, 3.63) is 57.1 Å². The lowest BCUT2D eigenvalue weighted by Gasteiger charge is -2.36. The summed E-state index contributed by atoms with van der Waals surface area (Å²) >= 11 is 12.4. The lowest BCUT2D eigenvalue weighted by molar-refractivity contribution is -0.135. The number of benzene rings is 2. The van der Waals surface area contributed by atoms with Crippen LogP contribution in [0.1, 0.15) is 29.5 Å². The molecule has 8 heteroatoms. The predicted octanol–water partition coefficient (Wildman–Crippen LogP) is 4.04. The monoisotopic (exact) mass is 469 g/mol. The van der Waals surface area contributed by atoms with E-state index in [-0.39, 0.29) is 28.8 Å². The largest absolute Gasteiger partial charge is 0.324 e. The molecule has 0 aliphatic carbocycles. The quantitative estimate of drug-likeness (QED) is 0.639. The third-order valence-corrected chi connectivity index (χ3v) is 8.39. The topological polar surface area (TPSA) is 69.7 Å². The Morgan fingerprint density at radius 1 is 1.06 bits per heavy atom. The van der Waals surface area contributed by atoms with Gasteiger partial charge in [-0.2, -0.15) is 0 Å². The fourth-order valence-electron chi connectivity index (χ4n) is 6.42. The average Bonchev–Trinajstić information content (AvgIpc) is 3.45. The van der Waals surface area contributed by atoms with Gasteiger partial charge in [0.05, 0.1) is 22.5 Å². The van der Waals surface area contributed by atoms with E-state index >= 15 is 0 Å². The highest BCUT2D eigenvalue weighted by atomic mass is 35.5. The molecule has 0 saturated carbocycles. The minimum Gasteiger partial charge on any atom is -0.324 e. The highest BCUT2D eigenvalue weighted by Gasteiger charge is 2.74. The van der Waals surface area contributed by atoms with Crippen molar-refractivity contribution in [2.24, 2.45) is 11.8 Å². The standard InChI is InChI=1S/C24H21Cl2N3O3/c1-11-5-7-14-20(12(11)2)27-23(32)24(14)19-18(17-4-3-9-28(17)24)21(30)29(22(19)31)16-8-6-13(25)10-15(16)26/h5-8,10,17-19H,3-4,9H2,1-2H3,(H,27,32)/t17-,18-,19-,24-/m1/s1. The van der Waals surface area contributed by atoms with E-state index in [9.17, 15) is 14.4 Å². The van der Waals surface area contributed by atoms with Crippen LogP contribution in [0.15, 0.2) is 30.3 Å². The number of carbonyl (C=O) groups is 3. The average molecular weight is 470 g/mol. The van der Waals surface area contributed by atoms with Crippen LogP contribution in [0, 0.1) is 25.7 Å². The number of aryl methyl sites for hydroxylation is 1.